The smallest absolute Gasteiger partial charge is 0.222 e. The molecule has 1 aliphatic heterocycles. The largest absolute Gasteiger partial charge is 0.343 e. The standard InChI is InChI=1S/C13H23NO2/c1-12(6-3-2-4-11-15)7-8-13(16)14-9-5-10-14/h11-12H,2-10H2,1H3. The molecule has 1 amide bonds. The Labute approximate surface area is 98.2 Å². The first kappa shape index (κ1) is 13.2. The van der Waals surface area contributed by atoms with Crippen LogP contribution < -0.4 is 0 Å². The highest BCUT2D eigenvalue weighted by atomic mass is 16.2. The third-order valence-electron chi connectivity index (χ3n) is 3.33. The zero-order valence-corrected chi connectivity index (χ0v) is 10.3. The number of carbonyl (C=O) groups is 2. The van der Waals surface area contributed by atoms with Crippen LogP contribution in [0.2, 0.25) is 0 Å². The molecule has 0 spiro atoms. The van der Waals surface area contributed by atoms with Gasteiger partial charge in [0.2, 0.25) is 5.91 Å². The number of unbranched alkanes of at least 4 members (excludes halogenated alkanes) is 2. The van der Waals surface area contributed by atoms with Gasteiger partial charge in [0.15, 0.2) is 0 Å². The lowest BCUT2D eigenvalue weighted by molar-refractivity contribution is -0.134. The molecule has 0 radical (unpaired) electrons. The Bertz CT molecular complexity index is 224. The van der Waals surface area contributed by atoms with E-state index in [1.807, 2.05) is 4.90 Å². The second-order valence-corrected chi connectivity index (χ2v) is 4.83. The fourth-order valence-electron chi connectivity index (χ4n) is 1.96. The van der Waals surface area contributed by atoms with Gasteiger partial charge in [-0.05, 0) is 25.2 Å². The van der Waals surface area contributed by atoms with Crippen LogP contribution >= 0.6 is 0 Å². The van der Waals surface area contributed by atoms with Gasteiger partial charge in [-0.15, -0.1) is 0 Å². The monoisotopic (exact) mass is 225 g/mol. The predicted molar refractivity (Wildman–Crippen MR) is 64.1 cm³/mol. The zero-order chi connectivity index (χ0) is 11.8. The maximum absolute atomic E-state index is 11.6. The van der Waals surface area contributed by atoms with Crippen LogP contribution in [0.25, 0.3) is 0 Å². The number of hydrogen-bond donors (Lipinski definition) is 0. The molecular weight excluding hydrogens is 202 g/mol. The van der Waals surface area contributed by atoms with Gasteiger partial charge in [-0.25, -0.2) is 0 Å². The fraction of sp³-hybridized carbons (Fsp3) is 0.846. The van der Waals surface area contributed by atoms with Crippen molar-refractivity contribution in [1.29, 1.82) is 0 Å². The summed E-state index contributed by atoms with van der Waals surface area (Å²) in [6.07, 6.45) is 7.78. The summed E-state index contributed by atoms with van der Waals surface area (Å²) in [7, 11) is 0. The molecule has 3 nitrogen and oxygen atoms in total. The number of amides is 1. The van der Waals surface area contributed by atoms with Crippen molar-refractivity contribution < 1.29 is 9.59 Å². The Morgan fingerprint density at radius 2 is 2.06 bits per heavy atom. The molecule has 0 aliphatic carbocycles. The van der Waals surface area contributed by atoms with Gasteiger partial charge in [-0.3, -0.25) is 4.79 Å². The Balaban J connectivity index is 1.98. The Morgan fingerprint density at radius 1 is 1.31 bits per heavy atom. The van der Waals surface area contributed by atoms with Gasteiger partial charge in [0.25, 0.3) is 0 Å². The van der Waals surface area contributed by atoms with E-state index in [0.29, 0.717) is 24.7 Å². The summed E-state index contributed by atoms with van der Waals surface area (Å²) in [6.45, 7) is 4.13. The highest BCUT2D eigenvalue weighted by Crippen LogP contribution is 2.17. The highest BCUT2D eigenvalue weighted by molar-refractivity contribution is 5.76. The first-order valence-electron chi connectivity index (χ1n) is 6.45. The SMILES string of the molecule is CC(CCCCC=O)CCC(=O)N1CCC1. The molecule has 0 saturated carbocycles. The van der Waals surface area contributed by atoms with E-state index in [4.69, 9.17) is 0 Å². The molecule has 0 aromatic heterocycles. The molecule has 1 saturated heterocycles. The summed E-state index contributed by atoms with van der Waals surface area (Å²) in [5.74, 6) is 0.933. The Morgan fingerprint density at radius 3 is 2.62 bits per heavy atom. The molecular formula is C13H23NO2. The predicted octanol–water partition coefficient (Wildman–Crippen LogP) is 2.39. The average molecular weight is 225 g/mol. The van der Waals surface area contributed by atoms with Gasteiger partial charge in [-0.1, -0.05) is 19.8 Å². The van der Waals surface area contributed by atoms with Crippen LogP contribution in [0.3, 0.4) is 0 Å². The van der Waals surface area contributed by atoms with Crippen LogP contribution in [0, 0.1) is 5.92 Å². The first-order chi connectivity index (χ1) is 7.74. The van der Waals surface area contributed by atoms with Crippen LogP contribution in [0.5, 0.6) is 0 Å². The van der Waals surface area contributed by atoms with E-state index in [0.717, 1.165) is 45.1 Å². The van der Waals surface area contributed by atoms with Crippen LogP contribution in [0.1, 0.15) is 51.9 Å². The molecule has 0 N–H and O–H groups in total. The van der Waals surface area contributed by atoms with E-state index in [2.05, 4.69) is 6.92 Å². The normalized spacial score (nSPS) is 16.7. The number of nitrogens with zero attached hydrogens (tertiary/aromatic N) is 1. The average Bonchev–Trinajstić information content (AvgIpc) is 2.19. The van der Waals surface area contributed by atoms with Crippen molar-refractivity contribution in [3.63, 3.8) is 0 Å². The third kappa shape index (κ3) is 4.77. The molecule has 1 fully saturated rings. The number of likely N-dealkylation sites (tertiary alicyclic amines) is 1. The lowest BCUT2D eigenvalue weighted by Gasteiger charge is -2.31. The summed E-state index contributed by atoms with van der Waals surface area (Å²) >= 11 is 0. The van der Waals surface area contributed by atoms with Gasteiger partial charge in [0, 0.05) is 25.9 Å². The highest BCUT2D eigenvalue weighted by Gasteiger charge is 2.19. The lowest BCUT2D eigenvalue weighted by atomic mass is 9.97. The van der Waals surface area contributed by atoms with Crippen LogP contribution in [-0.2, 0) is 9.59 Å². The molecule has 1 aliphatic rings. The number of rotatable bonds is 8. The lowest BCUT2D eigenvalue weighted by Crippen LogP contribution is -2.42. The number of hydrogen-bond acceptors (Lipinski definition) is 2. The van der Waals surface area contributed by atoms with Crippen molar-refractivity contribution in [3.8, 4) is 0 Å². The van der Waals surface area contributed by atoms with E-state index in [9.17, 15) is 9.59 Å². The van der Waals surface area contributed by atoms with Crippen LogP contribution in [-0.4, -0.2) is 30.2 Å². The van der Waals surface area contributed by atoms with Crippen molar-refractivity contribution in [3.05, 3.63) is 0 Å². The Hall–Kier alpha value is -0.860. The molecule has 0 bridgehead atoms. The van der Waals surface area contributed by atoms with Gasteiger partial charge in [0.05, 0.1) is 0 Å². The molecule has 3 heteroatoms. The maximum Gasteiger partial charge on any atom is 0.222 e. The quantitative estimate of drug-likeness (QED) is 0.470. The third-order valence-corrected chi connectivity index (χ3v) is 3.33. The minimum atomic E-state index is 0.325. The van der Waals surface area contributed by atoms with Gasteiger partial charge in [0.1, 0.15) is 6.29 Å². The second kappa shape index (κ2) is 7.42. The van der Waals surface area contributed by atoms with Gasteiger partial charge in [-0.2, -0.15) is 0 Å². The molecule has 1 rings (SSSR count). The fourth-order valence-corrected chi connectivity index (χ4v) is 1.96. The zero-order valence-electron chi connectivity index (χ0n) is 10.3. The summed E-state index contributed by atoms with van der Waals surface area (Å²) in [5, 5.41) is 0. The van der Waals surface area contributed by atoms with Crippen molar-refractivity contribution in [2.75, 3.05) is 13.1 Å². The van der Waals surface area contributed by atoms with E-state index < -0.39 is 0 Å². The van der Waals surface area contributed by atoms with Crippen molar-refractivity contribution in [1.82, 2.24) is 4.90 Å². The van der Waals surface area contributed by atoms with Crippen molar-refractivity contribution in [2.45, 2.75) is 51.9 Å². The van der Waals surface area contributed by atoms with Crippen LogP contribution in [0.15, 0.2) is 0 Å². The van der Waals surface area contributed by atoms with Crippen molar-refractivity contribution in [2.24, 2.45) is 5.92 Å². The second-order valence-electron chi connectivity index (χ2n) is 4.83. The Kier molecular flexibility index (Phi) is 6.12. The molecule has 1 atom stereocenters. The number of aldehydes is 1. The molecule has 0 aromatic carbocycles. The molecule has 1 heterocycles. The topological polar surface area (TPSA) is 37.4 Å². The molecule has 92 valence electrons. The van der Waals surface area contributed by atoms with E-state index in [1.165, 1.54) is 6.42 Å². The molecule has 1 unspecified atom stereocenters. The van der Waals surface area contributed by atoms with E-state index in [-0.39, 0.29) is 0 Å². The first-order valence-corrected chi connectivity index (χ1v) is 6.45. The van der Waals surface area contributed by atoms with Crippen molar-refractivity contribution >= 4 is 12.2 Å². The maximum atomic E-state index is 11.6. The minimum absolute atomic E-state index is 0.325. The summed E-state index contributed by atoms with van der Waals surface area (Å²) in [5.41, 5.74) is 0. The minimum Gasteiger partial charge on any atom is -0.343 e. The van der Waals surface area contributed by atoms with Crippen LogP contribution in [0.4, 0.5) is 0 Å². The molecule has 0 aromatic rings. The summed E-state index contributed by atoms with van der Waals surface area (Å²) in [4.78, 5) is 23.7. The molecule has 16 heavy (non-hydrogen) atoms. The van der Waals surface area contributed by atoms with Gasteiger partial charge >= 0.3 is 0 Å². The van der Waals surface area contributed by atoms with Gasteiger partial charge < -0.3 is 9.69 Å². The van der Waals surface area contributed by atoms with E-state index >= 15 is 0 Å². The summed E-state index contributed by atoms with van der Waals surface area (Å²) < 4.78 is 0. The number of carbonyl (C=O) groups excluding carboxylic acids is 2. The summed E-state index contributed by atoms with van der Waals surface area (Å²) in [6, 6.07) is 0. The van der Waals surface area contributed by atoms with E-state index in [1.54, 1.807) is 0 Å².